The first-order chi connectivity index (χ1) is 10.2. The van der Waals surface area contributed by atoms with Gasteiger partial charge in [0, 0.05) is 17.7 Å². The highest BCUT2D eigenvalue weighted by Crippen LogP contribution is 2.32. The van der Waals surface area contributed by atoms with E-state index in [0.29, 0.717) is 23.6 Å². The van der Waals surface area contributed by atoms with Crippen LogP contribution in [0.5, 0.6) is 11.5 Å². The first-order valence-electron chi connectivity index (χ1n) is 6.67. The Balaban J connectivity index is 2.62. The fourth-order valence-corrected chi connectivity index (χ4v) is 2.49. The molecule has 0 saturated carbocycles. The zero-order valence-electron chi connectivity index (χ0n) is 12.4. The van der Waals surface area contributed by atoms with Gasteiger partial charge in [0.05, 0.1) is 25.8 Å². The van der Waals surface area contributed by atoms with Gasteiger partial charge in [-0.1, -0.05) is 6.07 Å². The third-order valence-corrected chi connectivity index (χ3v) is 3.68. The maximum absolute atomic E-state index is 12.3. The smallest absolute Gasteiger partial charge is 0.255 e. The van der Waals surface area contributed by atoms with Crippen molar-refractivity contribution in [2.24, 2.45) is 0 Å². The summed E-state index contributed by atoms with van der Waals surface area (Å²) in [5.41, 5.74) is 2.27. The van der Waals surface area contributed by atoms with Crippen LogP contribution >= 0.6 is 11.6 Å². The highest BCUT2D eigenvalue weighted by atomic mass is 35.5. The number of alkyl halides is 1. The van der Waals surface area contributed by atoms with Gasteiger partial charge in [0.2, 0.25) is 0 Å². The summed E-state index contributed by atoms with van der Waals surface area (Å²) in [5.74, 6) is 1.50. The van der Waals surface area contributed by atoms with E-state index in [-0.39, 0.29) is 11.4 Å². The van der Waals surface area contributed by atoms with E-state index in [0.717, 1.165) is 11.3 Å². The molecule has 112 valence electrons. The molecule has 0 radical (unpaired) electrons. The maximum Gasteiger partial charge on any atom is 0.255 e. The van der Waals surface area contributed by atoms with E-state index in [9.17, 15) is 4.79 Å². The van der Waals surface area contributed by atoms with E-state index in [1.54, 1.807) is 24.9 Å². The second-order valence-electron chi connectivity index (χ2n) is 4.50. The molecule has 0 aliphatic carbocycles. The molecule has 0 spiro atoms. The quantitative estimate of drug-likeness (QED) is 0.796. The van der Waals surface area contributed by atoms with Crippen LogP contribution in [0.1, 0.15) is 12.5 Å². The Morgan fingerprint density at radius 2 is 1.81 bits per heavy atom. The zero-order chi connectivity index (χ0) is 15.4. The lowest BCUT2D eigenvalue weighted by Gasteiger charge is -2.14. The van der Waals surface area contributed by atoms with Crippen LogP contribution in [-0.2, 0) is 12.4 Å². The number of hydrogen-bond donors (Lipinski definition) is 0. The first-order valence-corrected chi connectivity index (χ1v) is 7.20. The molecule has 21 heavy (non-hydrogen) atoms. The fraction of sp³-hybridized carbons (Fsp3) is 0.312. The molecule has 0 fully saturated rings. The van der Waals surface area contributed by atoms with Crippen LogP contribution in [0.2, 0.25) is 0 Å². The number of rotatable bonds is 5. The standard InChI is InChI=1S/C16H18ClNO3/c1-4-18-13(7-5-12(10-17)16(18)19)11-6-8-14(20-2)15(9-11)21-3/h5-9H,4,10H2,1-3H3. The summed E-state index contributed by atoms with van der Waals surface area (Å²) in [7, 11) is 3.18. The molecule has 0 aliphatic heterocycles. The van der Waals surface area contributed by atoms with Gasteiger partial charge in [-0.05, 0) is 31.2 Å². The number of halogens is 1. The van der Waals surface area contributed by atoms with Crippen molar-refractivity contribution < 1.29 is 9.47 Å². The van der Waals surface area contributed by atoms with Gasteiger partial charge in [0.1, 0.15) is 0 Å². The second kappa shape index (κ2) is 6.68. The van der Waals surface area contributed by atoms with Crippen molar-refractivity contribution in [3.63, 3.8) is 0 Å². The summed E-state index contributed by atoms with van der Waals surface area (Å²) in [6.07, 6.45) is 0. The number of aromatic nitrogens is 1. The monoisotopic (exact) mass is 307 g/mol. The largest absolute Gasteiger partial charge is 0.493 e. The van der Waals surface area contributed by atoms with E-state index in [1.165, 1.54) is 0 Å². The van der Waals surface area contributed by atoms with Crippen LogP contribution in [0, 0.1) is 0 Å². The Bertz CT molecular complexity index is 694. The minimum absolute atomic E-state index is 0.0558. The number of benzene rings is 1. The maximum atomic E-state index is 12.3. The van der Waals surface area contributed by atoms with Gasteiger partial charge in [-0.2, -0.15) is 0 Å². The van der Waals surface area contributed by atoms with Gasteiger partial charge >= 0.3 is 0 Å². The molecule has 2 rings (SSSR count). The molecular formula is C16H18ClNO3. The lowest BCUT2D eigenvalue weighted by molar-refractivity contribution is 0.355. The normalized spacial score (nSPS) is 10.5. The Labute approximate surface area is 128 Å². The van der Waals surface area contributed by atoms with Crippen molar-refractivity contribution in [2.45, 2.75) is 19.3 Å². The molecule has 1 aromatic heterocycles. The van der Waals surface area contributed by atoms with Crippen molar-refractivity contribution in [3.05, 3.63) is 46.2 Å². The Morgan fingerprint density at radius 1 is 1.10 bits per heavy atom. The van der Waals surface area contributed by atoms with E-state index in [2.05, 4.69) is 0 Å². The third-order valence-electron chi connectivity index (χ3n) is 3.39. The van der Waals surface area contributed by atoms with Crippen molar-refractivity contribution in [2.75, 3.05) is 14.2 Å². The van der Waals surface area contributed by atoms with Gasteiger partial charge < -0.3 is 14.0 Å². The average molecular weight is 308 g/mol. The van der Waals surface area contributed by atoms with Gasteiger partial charge in [-0.3, -0.25) is 4.79 Å². The molecule has 0 amide bonds. The summed E-state index contributed by atoms with van der Waals surface area (Å²) in [5, 5.41) is 0. The number of nitrogens with zero attached hydrogens (tertiary/aromatic N) is 1. The summed E-state index contributed by atoms with van der Waals surface area (Å²) < 4.78 is 12.3. The average Bonchev–Trinajstić information content (AvgIpc) is 2.53. The van der Waals surface area contributed by atoms with Crippen molar-refractivity contribution in [1.29, 1.82) is 0 Å². The Kier molecular flexibility index (Phi) is 4.91. The van der Waals surface area contributed by atoms with Crippen molar-refractivity contribution >= 4 is 11.6 Å². The number of pyridine rings is 1. The lowest BCUT2D eigenvalue weighted by atomic mass is 10.1. The van der Waals surface area contributed by atoms with Crippen molar-refractivity contribution in [3.8, 4) is 22.8 Å². The molecule has 0 N–H and O–H groups in total. The summed E-state index contributed by atoms with van der Waals surface area (Å²) in [6.45, 7) is 2.51. The van der Waals surface area contributed by atoms with Crippen LogP contribution in [0.4, 0.5) is 0 Å². The molecular weight excluding hydrogens is 290 g/mol. The van der Waals surface area contributed by atoms with Crippen LogP contribution in [0.25, 0.3) is 11.3 Å². The van der Waals surface area contributed by atoms with Crippen LogP contribution < -0.4 is 15.0 Å². The van der Waals surface area contributed by atoms with E-state index >= 15 is 0 Å². The Morgan fingerprint density at radius 3 is 2.38 bits per heavy atom. The molecule has 1 aromatic carbocycles. The predicted molar refractivity (Wildman–Crippen MR) is 84.5 cm³/mol. The molecule has 1 heterocycles. The fourth-order valence-electron chi connectivity index (χ4n) is 2.29. The molecule has 4 nitrogen and oxygen atoms in total. The minimum atomic E-state index is -0.0558. The number of methoxy groups -OCH3 is 2. The number of hydrogen-bond acceptors (Lipinski definition) is 3. The van der Waals surface area contributed by atoms with Crippen molar-refractivity contribution in [1.82, 2.24) is 4.57 Å². The second-order valence-corrected chi connectivity index (χ2v) is 4.76. The predicted octanol–water partition coefficient (Wildman–Crippen LogP) is 3.29. The first kappa shape index (κ1) is 15.4. The molecule has 2 aromatic rings. The Hall–Kier alpha value is -1.94. The molecule has 0 atom stereocenters. The summed E-state index contributed by atoms with van der Waals surface area (Å²) in [4.78, 5) is 12.3. The molecule has 0 saturated heterocycles. The summed E-state index contributed by atoms with van der Waals surface area (Å²) in [6, 6.07) is 9.27. The van der Waals surface area contributed by atoms with Crippen LogP contribution in [0.15, 0.2) is 35.1 Å². The molecule has 5 heteroatoms. The SMILES string of the molecule is CCn1c(-c2ccc(OC)c(OC)c2)ccc(CCl)c1=O. The molecule has 0 bridgehead atoms. The highest BCUT2D eigenvalue weighted by Gasteiger charge is 2.11. The van der Waals surface area contributed by atoms with Crippen LogP contribution in [0.3, 0.4) is 0 Å². The van der Waals surface area contributed by atoms with Gasteiger partial charge in [0.15, 0.2) is 11.5 Å². The molecule has 0 aliphatic rings. The summed E-state index contributed by atoms with van der Waals surface area (Å²) >= 11 is 5.80. The number of ether oxygens (including phenoxy) is 2. The lowest BCUT2D eigenvalue weighted by Crippen LogP contribution is -2.23. The van der Waals surface area contributed by atoms with E-state index < -0.39 is 0 Å². The van der Waals surface area contributed by atoms with E-state index in [4.69, 9.17) is 21.1 Å². The van der Waals surface area contributed by atoms with E-state index in [1.807, 2.05) is 31.2 Å². The zero-order valence-corrected chi connectivity index (χ0v) is 13.1. The third kappa shape index (κ3) is 2.90. The van der Waals surface area contributed by atoms with Gasteiger partial charge in [0.25, 0.3) is 5.56 Å². The minimum Gasteiger partial charge on any atom is -0.493 e. The molecule has 0 unspecified atom stereocenters. The van der Waals surface area contributed by atoms with Gasteiger partial charge in [-0.25, -0.2) is 0 Å². The highest BCUT2D eigenvalue weighted by molar-refractivity contribution is 6.17. The van der Waals surface area contributed by atoms with Gasteiger partial charge in [-0.15, -0.1) is 11.6 Å². The topological polar surface area (TPSA) is 40.5 Å². The van der Waals surface area contributed by atoms with Crippen LogP contribution in [-0.4, -0.2) is 18.8 Å².